The summed E-state index contributed by atoms with van der Waals surface area (Å²) >= 11 is 0. The Kier molecular flexibility index (Phi) is 2.17. The minimum atomic E-state index is -0.657. The van der Waals surface area contributed by atoms with E-state index in [1.807, 2.05) is 0 Å². The number of halogens is 2. The summed E-state index contributed by atoms with van der Waals surface area (Å²) in [5.41, 5.74) is 5.73. The fraction of sp³-hybridized carbons (Fsp3) is 0.250. The quantitative estimate of drug-likeness (QED) is 0.652. The Morgan fingerprint density at radius 1 is 1.25 bits per heavy atom. The first kappa shape index (κ1) is 8.77. The van der Waals surface area contributed by atoms with Crippen LogP contribution < -0.4 is 10.6 Å². The van der Waals surface area contributed by atoms with E-state index in [2.05, 4.69) is 0 Å². The summed E-state index contributed by atoms with van der Waals surface area (Å²) in [5, 5.41) is 0. The maximum atomic E-state index is 13.0. The molecule has 0 amide bonds. The van der Waals surface area contributed by atoms with Crippen molar-refractivity contribution >= 4 is 11.4 Å². The smallest absolute Gasteiger partial charge is 0.151 e. The van der Waals surface area contributed by atoms with Crippen molar-refractivity contribution in [3.8, 4) is 0 Å². The minimum absolute atomic E-state index is 0.109. The van der Waals surface area contributed by atoms with Crippen LogP contribution in [0.25, 0.3) is 0 Å². The predicted octanol–water partition coefficient (Wildman–Crippen LogP) is 1.61. The van der Waals surface area contributed by atoms with Crippen molar-refractivity contribution in [3.63, 3.8) is 0 Å². The van der Waals surface area contributed by atoms with E-state index in [0.717, 1.165) is 12.1 Å². The Morgan fingerprint density at radius 3 is 2.25 bits per heavy atom. The van der Waals surface area contributed by atoms with Crippen LogP contribution in [0.15, 0.2) is 12.1 Å². The summed E-state index contributed by atoms with van der Waals surface area (Å²) in [6.07, 6.45) is 0. The zero-order chi connectivity index (χ0) is 9.30. The van der Waals surface area contributed by atoms with Gasteiger partial charge in [-0.25, -0.2) is 8.78 Å². The van der Waals surface area contributed by atoms with E-state index in [4.69, 9.17) is 5.73 Å². The maximum Gasteiger partial charge on any atom is 0.151 e. The molecule has 12 heavy (non-hydrogen) atoms. The molecule has 1 aromatic carbocycles. The standard InChI is InChI=1S/C8H10F2N2/c1-12(2)8-6(10)3-5(9)4-7(8)11/h3-4H,11H2,1-2H3. The molecule has 1 aromatic rings. The van der Waals surface area contributed by atoms with Gasteiger partial charge in [-0.1, -0.05) is 0 Å². The van der Waals surface area contributed by atoms with Gasteiger partial charge in [-0.2, -0.15) is 0 Å². The van der Waals surface area contributed by atoms with Gasteiger partial charge in [0.25, 0.3) is 0 Å². The third-order valence-electron chi connectivity index (χ3n) is 1.50. The zero-order valence-electron chi connectivity index (χ0n) is 6.94. The van der Waals surface area contributed by atoms with E-state index in [0.29, 0.717) is 0 Å². The molecule has 0 aliphatic rings. The lowest BCUT2D eigenvalue weighted by atomic mass is 10.2. The molecule has 0 radical (unpaired) electrons. The largest absolute Gasteiger partial charge is 0.397 e. The van der Waals surface area contributed by atoms with Gasteiger partial charge in [0, 0.05) is 20.2 Å². The lowest BCUT2D eigenvalue weighted by molar-refractivity contribution is 0.584. The van der Waals surface area contributed by atoms with Crippen LogP contribution in [-0.2, 0) is 0 Å². The lowest BCUT2D eigenvalue weighted by Gasteiger charge is -2.15. The fourth-order valence-corrected chi connectivity index (χ4v) is 1.06. The Hall–Kier alpha value is -1.32. The molecule has 0 aliphatic heterocycles. The van der Waals surface area contributed by atoms with Crippen molar-refractivity contribution in [3.05, 3.63) is 23.8 Å². The van der Waals surface area contributed by atoms with Gasteiger partial charge in [0.15, 0.2) is 5.82 Å². The van der Waals surface area contributed by atoms with E-state index in [-0.39, 0.29) is 11.4 Å². The van der Waals surface area contributed by atoms with Crippen molar-refractivity contribution < 1.29 is 8.78 Å². The van der Waals surface area contributed by atoms with E-state index < -0.39 is 11.6 Å². The number of nitrogen functional groups attached to an aromatic ring is 1. The van der Waals surface area contributed by atoms with Crippen LogP contribution in [-0.4, -0.2) is 14.1 Å². The Balaban J connectivity index is 3.28. The normalized spacial score (nSPS) is 10.0. The number of hydrogen-bond donors (Lipinski definition) is 1. The molecule has 0 spiro atoms. The molecular formula is C8H10F2N2. The summed E-state index contributed by atoms with van der Waals surface area (Å²) in [7, 11) is 3.29. The monoisotopic (exact) mass is 172 g/mol. The second-order valence-corrected chi connectivity index (χ2v) is 2.72. The predicted molar refractivity (Wildman–Crippen MR) is 45.1 cm³/mol. The third kappa shape index (κ3) is 1.47. The molecule has 1 rings (SSSR count). The highest BCUT2D eigenvalue weighted by atomic mass is 19.1. The topological polar surface area (TPSA) is 29.3 Å². The zero-order valence-corrected chi connectivity index (χ0v) is 6.94. The van der Waals surface area contributed by atoms with E-state index in [1.165, 1.54) is 4.90 Å². The maximum absolute atomic E-state index is 13.0. The second-order valence-electron chi connectivity index (χ2n) is 2.72. The first-order valence-corrected chi connectivity index (χ1v) is 3.44. The molecule has 2 N–H and O–H groups in total. The van der Waals surface area contributed by atoms with Gasteiger partial charge in [0.2, 0.25) is 0 Å². The molecular weight excluding hydrogens is 162 g/mol. The average Bonchev–Trinajstić information content (AvgIpc) is 1.82. The van der Waals surface area contributed by atoms with E-state index in [9.17, 15) is 8.78 Å². The van der Waals surface area contributed by atoms with Gasteiger partial charge >= 0.3 is 0 Å². The average molecular weight is 172 g/mol. The Morgan fingerprint density at radius 2 is 1.83 bits per heavy atom. The number of hydrogen-bond acceptors (Lipinski definition) is 2. The van der Waals surface area contributed by atoms with Crippen molar-refractivity contribution in [2.24, 2.45) is 0 Å². The summed E-state index contributed by atoms with van der Waals surface area (Å²) < 4.78 is 25.5. The second kappa shape index (κ2) is 2.97. The molecule has 0 unspecified atom stereocenters. The van der Waals surface area contributed by atoms with E-state index >= 15 is 0 Å². The van der Waals surface area contributed by atoms with Crippen LogP contribution in [0.5, 0.6) is 0 Å². The Labute approximate surface area is 69.6 Å². The van der Waals surface area contributed by atoms with Crippen molar-refractivity contribution in [2.75, 3.05) is 24.7 Å². The number of rotatable bonds is 1. The van der Waals surface area contributed by atoms with Crippen LogP contribution in [0.4, 0.5) is 20.2 Å². The molecule has 0 saturated heterocycles. The molecule has 0 saturated carbocycles. The van der Waals surface area contributed by atoms with Crippen molar-refractivity contribution in [2.45, 2.75) is 0 Å². The molecule has 66 valence electrons. The molecule has 0 heterocycles. The number of nitrogens with two attached hydrogens (primary N) is 1. The van der Waals surface area contributed by atoms with Gasteiger partial charge in [-0.05, 0) is 6.07 Å². The molecule has 0 aromatic heterocycles. The van der Waals surface area contributed by atoms with E-state index in [1.54, 1.807) is 14.1 Å². The van der Waals surface area contributed by atoms with Gasteiger partial charge in [0.1, 0.15) is 5.82 Å². The third-order valence-corrected chi connectivity index (χ3v) is 1.50. The van der Waals surface area contributed by atoms with Crippen LogP contribution in [0.2, 0.25) is 0 Å². The minimum Gasteiger partial charge on any atom is -0.397 e. The highest BCUT2D eigenvalue weighted by Crippen LogP contribution is 2.25. The van der Waals surface area contributed by atoms with Crippen molar-refractivity contribution in [1.82, 2.24) is 0 Å². The molecule has 0 fully saturated rings. The number of benzene rings is 1. The lowest BCUT2D eigenvalue weighted by Crippen LogP contribution is -2.13. The molecule has 4 heteroatoms. The molecule has 0 aliphatic carbocycles. The first-order chi connectivity index (χ1) is 5.52. The van der Waals surface area contributed by atoms with Gasteiger partial charge in [-0.15, -0.1) is 0 Å². The van der Waals surface area contributed by atoms with Crippen LogP contribution >= 0.6 is 0 Å². The summed E-state index contributed by atoms with van der Waals surface area (Å²) in [4.78, 5) is 1.50. The summed E-state index contributed by atoms with van der Waals surface area (Å²) in [5.74, 6) is -1.30. The van der Waals surface area contributed by atoms with Crippen LogP contribution in [0.3, 0.4) is 0 Å². The molecule has 0 bridgehead atoms. The molecule has 0 atom stereocenters. The van der Waals surface area contributed by atoms with Gasteiger partial charge < -0.3 is 10.6 Å². The number of nitrogens with zero attached hydrogens (tertiary/aromatic N) is 1. The van der Waals surface area contributed by atoms with Crippen molar-refractivity contribution in [1.29, 1.82) is 0 Å². The van der Waals surface area contributed by atoms with Crippen LogP contribution in [0, 0.1) is 11.6 Å². The summed E-state index contributed by atoms with van der Waals surface area (Å²) in [6.45, 7) is 0. The SMILES string of the molecule is CN(C)c1c(N)cc(F)cc1F. The highest BCUT2D eigenvalue weighted by Gasteiger charge is 2.09. The van der Waals surface area contributed by atoms with Gasteiger partial charge in [0.05, 0.1) is 11.4 Å². The van der Waals surface area contributed by atoms with Crippen LogP contribution in [0.1, 0.15) is 0 Å². The fourth-order valence-electron chi connectivity index (χ4n) is 1.06. The Bertz CT molecular complexity index is 274. The molecule has 2 nitrogen and oxygen atoms in total. The number of anilines is 2. The first-order valence-electron chi connectivity index (χ1n) is 3.44. The summed E-state index contributed by atoms with van der Waals surface area (Å²) in [6, 6.07) is 1.91. The highest BCUT2D eigenvalue weighted by molar-refractivity contribution is 5.67. The van der Waals surface area contributed by atoms with Gasteiger partial charge in [-0.3, -0.25) is 0 Å².